The number of sulfone groups is 1. The minimum atomic E-state index is -4.67. The molecule has 5 aromatic rings. The lowest BCUT2D eigenvalue weighted by Crippen LogP contribution is -2.48. The Hall–Kier alpha value is -3.58. The van der Waals surface area contributed by atoms with Gasteiger partial charge in [-0.1, -0.05) is 84.9 Å². The first-order chi connectivity index (χ1) is 24.8. The van der Waals surface area contributed by atoms with Crippen LogP contribution in [0.15, 0.2) is 65.7 Å². The smallest absolute Gasteiger partial charge is 0.256 e. The van der Waals surface area contributed by atoms with E-state index in [0.29, 0.717) is 39.7 Å². The van der Waals surface area contributed by atoms with Crippen LogP contribution in [0.25, 0.3) is 21.9 Å². The topological polar surface area (TPSA) is 130 Å². The van der Waals surface area contributed by atoms with Crippen molar-refractivity contribution >= 4 is 48.2 Å². The van der Waals surface area contributed by atoms with Crippen molar-refractivity contribution in [2.45, 2.75) is 121 Å². The number of nitriles is 1. The zero-order chi connectivity index (χ0) is 39.1. The third-order valence-electron chi connectivity index (χ3n) is 10.8. The molecule has 5 rings (SSSR count). The molecule has 0 spiro atoms. The first kappa shape index (κ1) is 40.6. The molecule has 0 saturated carbocycles. The van der Waals surface area contributed by atoms with Crippen molar-refractivity contribution < 1.29 is 22.7 Å². The molecule has 0 aliphatic rings. The Bertz CT molecular complexity index is 2220. The van der Waals surface area contributed by atoms with Gasteiger partial charge in [0.2, 0.25) is 18.2 Å². The van der Waals surface area contributed by atoms with Gasteiger partial charge in [-0.25, -0.2) is 13.4 Å². The lowest BCUT2D eigenvalue weighted by Gasteiger charge is -2.42. The van der Waals surface area contributed by atoms with Crippen molar-refractivity contribution in [3.05, 3.63) is 94.4 Å². The lowest BCUT2D eigenvalue weighted by molar-refractivity contribution is 0.0758. The molecule has 12 heteroatoms. The second-order valence-corrected chi connectivity index (χ2v) is 29.7. The van der Waals surface area contributed by atoms with Gasteiger partial charge in [0.25, 0.3) is 4.93 Å². The van der Waals surface area contributed by atoms with E-state index in [4.69, 9.17) is 14.1 Å². The molecule has 0 amide bonds. The lowest BCUT2D eigenvalue weighted by atomic mass is 9.94. The van der Waals surface area contributed by atoms with Gasteiger partial charge in [0.05, 0.1) is 34.2 Å². The van der Waals surface area contributed by atoms with Crippen molar-refractivity contribution in [3.8, 4) is 6.07 Å². The molecule has 0 aliphatic carbocycles. The number of H-pyrrole nitrogens is 1. The predicted octanol–water partition coefficient (Wildman–Crippen LogP) is 9.68. The Balaban J connectivity index is 1.88. The number of rotatable bonds is 15. The summed E-state index contributed by atoms with van der Waals surface area (Å²) in [5.74, 6) is -0.108. The number of hydrogen-bond acceptors (Lipinski definition) is 7. The molecule has 0 radical (unpaired) electrons. The number of hydrogen-bond donors (Lipinski definition) is 2. The molecule has 284 valence electrons. The number of aliphatic hydroxyl groups is 1. The van der Waals surface area contributed by atoms with E-state index in [2.05, 4.69) is 72.2 Å². The number of aromatic nitrogens is 3. The maximum Gasteiger partial charge on any atom is 0.256 e. The molecule has 3 aromatic carbocycles. The number of fused-ring (bicyclic) bond motifs is 2. The molecule has 0 aliphatic heterocycles. The van der Waals surface area contributed by atoms with E-state index < -0.39 is 31.2 Å². The first-order valence-corrected chi connectivity index (χ1v) is 25.9. The van der Waals surface area contributed by atoms with Gasteiger partial charge in [-0.05, 0) is 84.0 Å². The minimum Gasteiger partial charge on any atom is -0.412 e. The van der Waals surface area contributed by atoms with E-state index in [-0.39, 0.29) is 46.2 Å². The molecule has 9 nitrogen and oxygen atoms in total. The van der Waals surface area contributed by atoms with Gasteiger partial charge >= 0.3 is 0 Å². The zero-order valence-corrected chi connectivity index (χ0v) is 36.0. The summed E-state index contributed by atoms with van der Waals surface area (Å²) in [4.78, 5) is 5.46. The van der Waals surface area contributed by atoms with E-state index in [1.54, 1.807) is 41.1 Å². The summed E-state index contributed by atoms with van der Waals surface area (Å²) >= 11 is 0. The van der Waals surface area contributed by atoms with Gasteiger partial charge in [-0.3, -0.25) is 0 Å². The molecule has 2 N–H and O–H groups in total. The van der Waals surface area contributed by atoms with E-state index in [0.717, 1.165) is 17.2 Å². The molecule has 2 aromatic heterocycles. The third-order valence-corrected chi connectivity index (χ3v) is 20.6. The fourth-order valence-corrected chi connectivity index (χ4v) is 16.0. The Morgan fingerprint density at radius 1 is 0.962 bits per heavy atom. The van der Waals surface area contributed by atoms with Gasteiger partial charge in [0.15, 0.2) is 5.82 Å². The van der Waals surface area contributed by atoms with Crippen molar-refractivity contribution in [1.29, 1.82) is 5.26 Å². The molecular formula is C41H56N4O5SSi2. The van der Waals surface area contributed by atoms with Crippen molar-refractivity contribution in [3.63, 3.8) is 0 Å². The van der Waals surface area contributed by atoms with Crippen LogP contribution in [-0.4, -0.2) is 51.1 Å². The SMILES string of the molecule is Cc1ccc(S(=O)(=O)C(O)(c2c(CO[Si](C(C)C)(C(C)C)C(C)C)cc(C)c3[nH]ccc23)c2nc3ccc(C#N)cc3n2COCC[Si](C)(C)C)cc1. The zero-order valence-electron chi connectivity index (χ0n) is 33.2. The first-order valence-electron chi connectivity index (χ1n) is 18.6. The van der Waals surface area contributed by atoms with Crippen LogP contribution in [0.1, 0.15) is 75.2 Å². The van der Waals surface area contributed by atoms with Crippen molar-refractivity contribution in [2.75, 3.05) is 6.61 Å². The fraction of sp³-hybridized carbons (Fsp3) is 0.463. The molecule has 53 heavy (non-hydrogen) atoms. The summed E-state index contributed by atoms with van der Waals surface area (Å²) in [6.45, 7) is 24.4. The maximum absolute atomic E-state index is 15.5. The number of nitrogens with one attached hydrogen (secondary N) is 1. The standard InChI is InChI=1S/C41H56N4O5SSi2/c1-27(2)53(28(3)4,29(5)6)50-25-33-22-31(8)39-35(18-19-43-39)38(33)41(46,51(47,48)34-15-12-30(7)13-16-34)40-44-36-17-14-32(24-42)23-37(36)45(40)26-49-20-21-52(9,10)11/h12-19,22-23,27-29,43,46H,20-21,25-26H2,1-11H3. The number of ether oxygens (including phenoxy) is 1. The third kappa shape index (κ3) is 7.44. The summed E-state index contributed by atoms with van der Waals surface area (Å²) in [5, 5.41) is 24.1. The second kappa shape index (κ2) is 15.3. The largest absolute Gasteiger partial charge is 0.412 e. The quantitative estimate of drug-likeness (QED) is 0.0801. The summed E-state index contributed by atoms with van der Waals surface area (Å²) < 4.78 is 46.0. The van der Waals surface area contributed by atoms with Crippen LogP contribution in [-0.2, 0) is 37.3 Å². The molecule has 2 heterocycles. The average molecular weight is 773 g/mol. The van der Waals surface area contributed by atoms with Crippen molar-refractivity contribution in [2.24, 2.45) is 0 Å². The molecule has 0 fully saturated rings. The summed E-state index contributed by atoms with van der Waals surface area (Å²) in [7, 11) is -8.59. The van der Waals surface area contributed by atoms with Crippen LogP contribution >= 0.6 is 0 Å². The number of aryl methyl sites for hydroxylation is 2. The second-order valence-electron chi connectivity index (χ2n) is 16.6. The van der Waals surface area contributed by atoms with Gasteiger partial charge in [-0.2, -0.15) is 5.26 Å². The fourth-order valence-electron chi connectivity index (χ4n) is 8.07. The predicted molar refractivity (Wildman–Crippen MR) is 219 cm³/mol. The summed E-state index contributed by atoms with van der Waals surface area (Å²) in [6, 6.07) is 18.4. The summed E-state index contributed by atoms with van der Waals surface area (Å²) in [6.07, 6.45) is 1.77. The summed E-state index contributed by atoms with van der Waals surface area (Å²) in [5.41, 5.74) is 5.41. The maximum atomic E-state index is 15.5. The Labute approximate surface area is 317 Å². The van der Waals surface area contributed by atoms with Crippen LogP contribution < -0.4 is 0 Å². The number of aromatic amines is 1. The molecule has 0 saturated heterocycles. The molecule has 1 atom stereocenters. The normalized spacial score (nSPS) is 14.2. The molecule has 1 unspecified atom stereocenters. The number of nitrogens with zero attached hydrogens (tertiary/aromatic N) is 3. The van der Waals surface area contributed by atoms with Crippen LogP contribution in [0.5, 0.6) is 0 Å². The van der Waals surface area contributed by atoms with E-state index >= 15 is 8.42 Å². The highest BCUT2D eigenvalue weighted by Crippen LogP contribution is 2.47. The average Bonchev–Trinajstić information content (AvgIpc) is 3.71. The Morgan fingerprint density at radius 2 is 1.60 bits per heavy atom. The van der Waals surface area contributed by atoms with E-state index in [1.807, 2.05) is 26.0 Å². The van der Waals surface area contributed by atoms with E-state index in [9.17, 15) is 10.4 Å². The highest BCUT2D eigenvalue weighted by Gasteiger charge is 2.53. The van der Waals surface area contributed by atoms with Gasteiger partial charge in [0, 0.05) is 37.3 Å². The molecule has 0 bridgehead atoms. The minimum absolute atomic E-state index is 0.0482. The molecular weight excluding hydrogens is 717 g/mol. The van der Waals surface area contributed by atoms with E-state index in [1.165, 1.54) is 12.1 Å². The van der Waals surface area contributed by atoms with Crippen LogP contribution in [0.4, 0.5) is 0 Å². The van der Waals surface area contributed by atoms with Crippen LogP contribution in [0.3, 0.4) is 0 Å². The highest BCUT2D eigenvalue weighted by atomic mass is 32.2. The Kier molecular flexibility index (Phi) is 11.7. The monoisotopic (exact) mass is 772 g/mol. The van der Waals surface area contributed by atoms with Crippen LogP contribution in [0, 0.1) is 25.2 Å². The number of benzene rings is 3. The van der Waals surface area contributed by atoms with Crippen LogP contribution in [0.2, 0.25) is 42.3 Å². The Morgan fingerprint density at radius 3 is 2.19 bits per heavy atom. The van der Waals surface area contributed by atoms with Crippen molar-refractivity contribution in [1.82, 2.24) is 14.5 Å². The number of imidazole rings is 1. The van der Waals surface area contributed by atoms with Gasteiger partial charge in [-0.15, -0.1) is 0 Å². The highest BCUT2D eigenvalue weighted by molar-refractivity contribution is 7.92. The van der Waals surface area contributed by atoms with Gasteiger partial charge in [0.1, 0.15) is 6.73 Å². The van der Waals surface area contributed by atoms with Gasteiger partial charge < -0.3 is 23.8 Å².